The third-order valence-corrected chi connectivity index (χ3v) is 6.00. The van der Waals surface area contributed by atoms with E-state index in [1.54, 1.807) is 18.4 Å². The fraction of sp³-hybridized carbons (Fsp3) is 0.667. The van der Waals surface area contributed by atoms with Crippen LogP contribution in [0.5, 0.6) is 5.75 Å². The normalized spacial score (nSPS) is 12.5. The van der Waals surface area contributed by atoms with Crippen LogP contribution in [0.4, 0.5) is 0 Å². The maximum atomic E-state index is 11.9. The number of unbranched alkanes of at least 4 members (excludes halogenated alkanes) is 8. The molecule has 1 unspecified atom stereocenters. The van der Waals surface area contributed by atoms with Gasteiger partial charge in [-0.05, 0) is 37.0 Å². The van der Waals surface area contributed by atoms with Crippen LogP contribution >= 0.6 is 0 Å². The largest absolute Gasteiger partial charge is 0.380 e. The molecule has 1 atom stereocenters. The van der Waals surface area contributed by atoms with Crippen LogP contribution in [0.25, 0.3) is 0 Å². The molecule has 0 heterocycles. The van der Waals surface area contributed by atoms with Crippen LogP contribution in [0.15, 0.2) is 24.3 Å². The molecule has 0 spiro atoms. The van der Waals surface area contributed by atoms with Crippen molar-refractivity contribution in [3.63, 3.8) is 0 Å². The fourth-order valence-corrected chi connectivity index (χ4v) is 4.10. The first-order valence-corrected chi connectivity index (χ1v) is 13.8. The van der Waals surface area contributed by atoms with E-state index in [-0.39, 0.29) is 11.7 Å². The predicted molar refractivity (Wildman–Crippen MR) is 122 cm³/mol. The molecular formula is C21H36N2O5S2. The lowest BCUT2D eigenvalue weighted by Crippen LogP contribution is -2.25. The van der Waals surface area contributed by atoms with Crippen LogP contribution in [0, 0.1) is 0 Å². The van der Waals surface area contributed by atoms with Gasteiger partial charge in [-0.1, -0.05) is 57.1 Å². The van der Waals surface area contributed by atoms with Gasteiger partial charge in [-0.15, -0.1) is 0 Å². The number of nitrogens with one attached hydrogen (secondary N) is 1. The van der Waals surface area contributed by atoms with Gasteiger partial charge < -0.3 is 9.50 Å². The molecule has 0 aliphatic carbocycles. The highest BCUT2D eigenvalue weighted by atomic mass is 32.2. The monoisotopic (exact) mass is 460 g/mol. The van der Waals surface area contributed by atoms with Crippen molar-refractivity contribution in [3.05, 3.63) is 29.8 Å². The second-order valence-corrected chi connectivity index (χ2v) is 10.2. The molecule has 0 aliphatic rings. The molecule has 1 rings (SSSR count). The molecule has 172 valence electrons. The van der Waals surface area contributed by atoms with Crippen LogP contribution in [0.1, 0.15) is 69.8 Å². The molecular weight excluding hydrogens is 424 g/mol. The first-order valence-electron chi connectivity index (χ1n) is 10.6. The number of nitrogens with two attached hydrogens (primary N) is 1. The molecule has 30 heavy (non-hydrogen) atoms. The first kappa shape index (κ1) is 26.6. The Bertz CT molecular complexity index is 736. The molecule has 9 heteroatoms. The van der Waals surface area contributed by atoms with Gasteiger partial charge in [-0.2, -0.15) is 13.6 Å². The van der Waals surface area contributed by atoms with Crippen LogP contribution in [0.3, 0.4) is 0 Å². The average molecular weight is 461 g/mol. The molecule has 0 radical (unpaired) electrons. The van der Waals surface area contributed by atoms with Crippen LogP contribution < -0.4 is 14.6 Å². The number of hydrogen-bond donors (Lipinski definition) is 2. The van der Waals surface area contributed by atoms with E-state index in [4.69, 9.17) is 5.14 Å². The Balaban J connectivity index is 1.98. The Morgan fingerprint density at radius 1 is 0.967 bits per heavy atom. The van der Waals surface area contributed by atoms with Crippen molar-refractivity contribution in [2.75, 3.05) is 18.6 Å². The summed E-state index contributed by atoms with van der Waals surface area (Å²) in [5.41, 5.74) is 0.972. The van der Waals surface area contributed by atoms with Crippen molar-refractivity contribution in [1.82, 2.24) is 5.32 Å². The molecule has 0 aliphatic heterocycles. The topological polar surface area (TPSA) is 116 Å². The smallest absolute Gasteiger partial charge is 0.371 e. The summed E-state index contributed by atoms with van der Waals surface area (Å²) in [7, 11) is -4.67. The molecule has 0 bridgehead atoms. The van der Waals surface area contributed by atoms with Gasteiger partial charge in [0.15, 0.2) is 0 Å². The van der Waals surface area contributed by atoms with E-state index in [1.807, 2.05) is 0 Å². The molecule has 7 nitrogen and oxygen atoms in total. The van der Waals surface area contributed by atoms with Crippen LogP contribution in [-0.4, -0.2) is 37.1 Å². The van der Waals surface area contributed by atoms with Crippen LogP contribution in [-0.2, 0) is 32.3 Å². The van der Waals surface area contributed by atoms with E-state index in [9.17, 15) is 17.4 Å². The Morgan fingerprint density at radius 2 is 1.50 bits per heavy atom. The van der Waals surface area contributed by atoms with Gasteiger partial charge in [0.2, 0.25) is 5.91 Å². The zero-order valence-corrected chi connectivity index (χ0v) is 19.6. The second kappa shape index (κ2) is 15.4. The van der Waals surface area contributed by atoms with Gasteiger partial charge in [-0.25, -0.2) is 0 Å². The number of amides is 1. The van der Waals surface area contributed by atoms with E-state index >= 15 is 0 Å². The third kappa shape index (κ3) is 15.4. The Morgan fingerprint density at radius 3 is 2.03 bits per heavy atom. The summed E-state index contributed by atoms with van der Waals surface area (Å²) in [5.74, 6) is 1.06. The summed E-state index contributed by atoms with van der Waals surface area (Å²) in [4.78, 5) is 11.9. The lowest BCUT2D eigenvalue weighted by Gasteiger charge is -2.07. The first-order chi connectivity index (χ1) is 14.3. The molecule has 0 saturated heterocycles. The van der Waals surface area contributed by atoms with Gasteiger partial charge in [0.25, 0.3) is 0 Å². The number of rotatable bonds is 17. The summed E-state index contributed by atoms with van der Waals surface area (Å²) >= 11 is 0. The summed E-state index contributed by atoms with van der Waals surface area (Å²) < 4.78 is 37.3. The molecule has 0 fully saturated rings. The van der Waals surface area contributed by atoms with Crippen molar-refractivity contribution in [2.45, 2.75) is 70.6 Å². The number of hydrogen-bond acceptors (Lipinski definition) is 5. The third-order valence-electron chi connectivity index (χ3n) is 4.71. The predicted octanol–water partition coefficient (Wildman–Crippen LogP) is 3.21. The number of carbonyl (C=O) groups excluding carboxylic acids is 1. The van der Waals surface area contributed by atoms with E-state index in [0.29, 0.717) is 19.4 Å². The molecule has 1 aromatic carbocycles. The van der Waals surface area contributed by atoms with Gasteiger partial charge >= 0.3 is 10.3 Å². The Labute approximate surface area is 183 Å². The maximum Gasteiger partial charge on any atom is 0.380 e. The second-order valence-electron chi connectivity index (χ2n) is 7.53. The quantitative estimate of drug-likeness (QED) is 0.346. The fourth-order valence-electron chi connectivity index (χ4n) is 3.11. The lowest BCUT2D eigenvalue weighted by molar-refractivity contribution is -0.121. The van der Waals surface area contributed by atoms with Crippen molar-refractivity contribution in [1.29, 1.82) is 0 Å². The highest BCUT2D eigenvalue weighted by molar-refractivity contribution is 7.84. The van der Waals surface area contributed by atoms with E-state index < -0.39 is 21.1 Å². The zero-order chi connectivity index (χ0) is 22.2. The highest BCUT2D eigenvalue weighted by Gasteiger charge is 2.05. The van der Waals surface area contributed by atoms with Gasteiger partial charge in [0.1, 0.15) is 5.75 Å². The van der Waals surface area contributed by atoms with E-state index in [0.717, 1.165) is 30.6 Å². The van der Waals surface area contributed by atoms with Crippen molar-refractivity contribution in [2.24, 2.45) is 5.14 Å². The SMILES string of the molecule is CS(=O)CCCCCCCCCCCC(=O)NCCc1ccc(OS(N)(=O)=O)cc1. The summed E-state index contributed by atoms with van der Waals surface area (Å²) in [5, 5.41) is 7.73. The maximum absolute atomic E-state index is 11.9. The van der Waals surface area contributed by atoms with Crippen LogP contribution in [0.2, 0.25) is 0 Å². The van der Waals surface area contributed by atoms with Crippen molar-refractivity contribution in [3.8, 4) is 5.75 Å². The Hall–Kier alpha value is -1.45. The minimum absolute atomic E-state index is 0.0671. The molecule has 1 aromatic rings. The van der Waals surface area contributed by atoms with Crippen molar-refractivity contribution >= 4 is 27.0 Å². The average Bonchev–Trinajstić information content (AvgIpc) is 2.66. The zero-order valence-electron chi connectivity index (χ0n) is 17.9. The minimum Gasteiger partial charge on any atom is -0.371 e. The van der Waals surface area contributed by atoms with E-state index in [2.05, 4.69) is 9.50 Å². The summed E-state index contributed by atoms with van der Waals surface area (Å²) in [6, 6.07) is 6.57. The highest BCUT2D eigenvalue weighted by Crippen LogP contribution is 2.14. The summed E-state index contributed by atoms with van der Waals surface area (Å²) in [6.07, 6.45) is 13.3. The molecule has 0 saturated carbocycles. The minimum atomic E-state index is -4.01. The molecule has 0 aromatic heterocycles. The van der Waals surface area contributed by atoms with Gasteiger partial charge in [-0.3, -0.25) is 9.00 Å². The van der Waals surface area contributed by atoms with Gasteiger partial charge in [0, 0.05) is 35.8 Å². The standard InChI is InChI=1S/C21H36N2O5S2/c1-29(25)18-10-8-6-4-2-3-5-7-9-11-21(24)23-17-16-19-12-14-20(15-13-19)28-30(22,26)27/h12-15H,2-11,16-18H2,1H3,(H,23,24)(H2,22,26,27). The molecule has 3 N–H and O–H groups in total. The lowest BCUT2D eigenvalue weighted by atomic mass is 10.1. The van der Waals surface area contributed by atoms with Gasteiger partial charge in [0.05, 0.1) is 0 Å². The summed E-state index contributed by atoms with van der Waals surface area (Å²) in [6.45, 7) is 0.542. The molecule has 1 amide bonds. The van der Waals surface area contributed by atoms with E-state index in [1.165, 1.54) is 50.7 Å². The van der Waals surface area contributed by atoms with Crippen molar-refractivity contribution < 1.29 is 21.6 Å². The Kier molecular flexibility index (Phi) is 13.6. The number of benzene rings is 1. The number of carbonyl (C=O) groups is 1.